The highest BCUT2D eigenvalue weighted by Gasteiger charge is 2.14. The second-order valence-electron chi connectivity index (χ2n) is 6.21. The topological polar surface area (TPSA) is 73.8 Å². The second-order valence-corrected chi connectivity index (χ2v) is 7.62. The first-order valence-corrected chi connectivity index (χ1v) is 10.3. The molecule has 0 bridgehead atoms. The molecule has 0 spiro atoms. The Bertz CT molecular complexity index is 1340. The van der Waals surface area contributed by atoms with Gasteiger partial charge in [-0.15, -0.1) is 0 Å². The quantitative estimate of drug-likeness (QED) is 0.445. The molecule has 0 saturated heterocycles. The van der Waals surface area contributed by atoms with Crippen LogP contribution in [0.15, 0.2) is 62.7 Å². The number of amides is 1. The Hall–Kier alpha value is -2.74. The summed E-state index contributed by atoms with van der Waals surface area (Å²) in [5.41, 5.74) is 0.863. The summed E-state index contributed by atoms with van der Waals surface area (Å²) in [5.74, 6) is -0.727. The number of ether oxygens (including phenoxy) is 1. The fraction of sp³-hybridized carbons (Fsp3) is 0.190. The highest BCUT2D eigenvalue weighted by atomic mass is 35.5. The predicted octanol–water partition coefficient (Wildman–Crippen LogP) is 4.24. The number of halogens is 1. The summed E-state index contributed by atoms with van der Waals surface area (Å²) in [6, 6.07) is 13.5. The number of hydrogen-bond acceptors (Lipinski definition) is 5. The number of fused-ring (bicyclic) bond motifs is 2. The highest BCUT2D eigenvalue weighted by molar-refractivity contribution is 7.16. The van der Waals surface area contributed by atoms with Crippen LogP contribution in [-0.2, 0) is 11.3 Å². The van der Waals surface area contributed by atoms with Crippen LogP contribution >= 0.6 is 22.9 Å². The molecule has 0 saturated carbocycles. The lowest BCUT2D eigenvalue weighted by atomic mass is 10.2. The van der Waals surface area contributed by atoms with Gasteiger partial charge in [0.2, 0.25) is 0 Å². The van der Waals surface area contributed by atoms with Crippen molar-refractivity contribution in [1.82, 2.24) is 4.57 Å². The summed E-state index contributed by atoms with van der Waals surface area (Å²) in [5, 5.41) is 0.992. The second kappa shape index (κ2) is 8.32. The lowest BCUT2D eigenvalue weighted by Gasteiger charge is -2.06. The maximum absolute atomic E-state index is 12.8. The summed E-state index contributed by atoms with van der Waals surface area (Å²) in [7, 11) is 0. The van der Waals surface area contributed by atoms with Crippen LogP contribution in [0.2, 0.25) is 5.02 Å². The summed E-state index contributed by atoms with van der Waals surface area (Å²) >= 11 is 7.73. The smallest absolute Gasteiger partial charge is 0.315 e. The first-order valence-electron chi connectivity index (χ1n) is 9.06. The van der Waals surface area contributed by atoms with Gasteiger partial charge >= 0.3 is 5.91 Å². The molecule has 0 atom stereocenters. The minimum Gasteiger partial charge on any atom is -0.451 e. The van der Waals surface area contributed by atoms with Crippen molar-refractivity contribution in [3.05, 3.63) is 74.3 Å². The lowest BCUT2D eigenvalue weighted by Crippen LogP contribution is -2.20. The van der Waals surface area contributed by atoms with E-state index in [1.54, 1.807) is 30.3 Å². The van der Waals surface area contributed by atoms with E-state index in [0.29, 0.717) is 40.6 Å². The van der Waals surface area contributed by atoms with Crippen molar-refractivity contribution in [2.45, 2.75) is 13.5 Å². The van der Waals surface area contributed by atoms with E-state index >= 15 is 0 Å². The Kier molecular flexibility index (Phi) is 5.62. The number of carbonyl (C=O) groups is 1. The van der Waals surface area contributed by atoms with Crippen molar-refractivity contribution < 1.29 is 13.9 Å². The molecule has 8 heteroatoms. The van der Waals surface area contributed by atoms with E-state index in [1.165, 1.54) is 17.4 Å². The van der Waals surface area contributed by atoms with Crippen molar-refractivity contribution >= 4 is 50.0 Å². The van der Waals surface area contributed by atoms with Crippen molar-refractivity contribution in [3.8, 4) is 0 Å². The molecule has 0 aliphatic carbocycles. The number of hydrogen-bond donors (Lipinski definition) is 0. The normalized spacial score (nSPS) is 12.1. The molecule has 148 valence electrons. The molecule has 4 rings (SSSR count). The Labute approximate surface area is 174 Å². The van der Waals surface area contributed by atoms with Crippen molar-refractivity contribution in [2.75, 3.05) is 13.2 Å². The van der Waals surface area contributed by atoms with Crippen molar-refractivity contribution in [2.24, 2.45) is 4.99 Å². The van der Waals surface area contributed by atoms with E-state index in [9.17, 15) is 9.59 Å². The summed E-state index contributed by atoms with van der Waals surface area (Å²) in [4.78, 5) is 29.8. The van der Waals surface area contributed by atoms with Crippen LogP contribution in [0.1, 0.15) is 17.5 Å². The van der Waals surface area contributed by atoms with Gasteiger partial charge in [-0.1, -0.05) is 41.1 Å². The molecule has 6 nitrogen and oxygen atoms in total. The number of thiazole rings is 1. The molecule has 0 N–H and O–H groups in total. The van der Waals surface area contributed by atoms with E-state index < -0.39 is 5.91 Å². The number of benzene rings is 2. The number of carbonyl (C=O) groups excluding carboxylic acids is 1. The predicted molar refractivity (Wildman–Crippen MR) is 114 cm³/mol. The number of para-hydroxylation sites is 2. The van der Waals surface area contributed by atoms with Gasteiger partial charge in [0, 0.05) is 19.2 Å². The average Bonchev–Trinajstić information content (AvgIpc) is 3.06. The molecule has 0 fully saturated rings. The third-order valence-electron chi connectivity index (χ3n) is 4.36. The van der Waals surface area contributed by atoms with Crippen LogP contribution in [0.3, 0.4) is 0 Å². The molecule has 1 amide bonds. The first-order chi connectivity index (χ1) is 14.1. The van der Waals surface area contributed by atoms with Crippen LogP contribution in [0.25, 0.3) is 21.2 Å². The zero-order valence-corrected chi connectivity index (χ0v) is 17.1. The molecule has 0 unspecified atom stereocenters. The summed E-state index contributed by atoms with van der Waals surface area (Å²) in [6.45, 7) is 3.45. The first kappa shape index (κ1) is 19.6. The highest BCUT2D eigenvalue weighted by Crippen LogP contribution is 2.25. The van der Waals surface area contributed by atoms with Crippen LogP contribution in [0.4, 0.5) is 0 Å². The minimum atomic E-state index is -0.624. The van der Waals surface area contributed by atoms with Gasteiger partial charge < -0.3 is 13.7 Å². The number of aromatic nitrogens is 1. The monoisotopic (exact) mass is 428 g/mol. The molecule has 29 heavy (non-hydrogen) atoms. The fourth-order valence-corrected chi connectivity index (χ4v) is 4.45. The largest absolute Gasteiger partial charge is 0.451 e. The minimum absolute atomic E-state index is 0.103. The SMILES string of the molecule is CCOCCn1c(=NC(=O)c2cc(=O)c3ccccc3o2)sc2cccc(Cl)c21. The van der Waals surface area contributed by atoms with E-state index in [0.717, 1.165) is 10.2 Å². The van der Waals surface area contributed by atoms with E-state index in [4.69, 9.17) is 20.8 Å². The van der Waals surface area contributed by atoms with Crippen LogP contribution < -0.4 is 10.2 Å². The third kappa shape index (κ3) is 3.89. The summed E-state index contributed by atoms with van der Waals surface area (Å²) in [6.07, 6.45) is 0. The van der Waals surface area contributed by atoms with Gasteiger partial charge in [-0.05, 0) is 31.2 Å². The van der Waals surface area contributed by atoms with Crippen molar-refractivity contribution in [1.29, 1.82) is 0 Å². The maximum Gasteiger partial charge on any atom is 0.315 e. The van der Waals surface area contributed by atoms with E-state index in [-0.39, 0.29) is 11.2 Å². The van der Waals surface area contributed by atoms with E-state index in [1.807, 2.05) is 23.6 Å². The van der Waals surface area contributed by atoms with Crippen molar-refractivity contribution in [3.63, 3.8) is 0 Å². The molecular weight excluding hydrogens is 412 g/mol. The van der Waals surface area contributed by atoms with Crippen LogP contribution in [-0.4, -0.2) is 23.7 Å². The number of rotatable bonds is 5. The van der Waals surface area contributed by atoms with Gasteiger partial charge in [-0.3, -0.25) is 9.59 Å². The van der Waals surface area contributed by atoms with Gasteiger partial charge in [-0.25, -0.2) is 0 Å². The Morgan fingerprint density at radius 1 is 1.24 bits per heavy atom. The van der Waals surface area contributed by atoms with Gasteiger partial charge in [0.15, 0.2) is 16.0 Å². The summed E-state index contributed by atoms with van der Waals surface area (Å²) < 4.78 is 13.8. The molecule has 2 heterocycles. The Morgan fingerprint density at radius 2 is 2.07 bits per heavy atom. The van der Waals surface area contributed by atoms with Crippen LogP contribution in [0, 0.1) is 0 Å². The van der Waals surface area contributed by atoms with Crippen LogP contribution in [0.5, 0.6) is 0 Å². The average molecular weight is 429 g/mol. The molecule has 0 aliphatic rings. The standard InChI is InChI=1S/C21H17ClN2O4S/c1-2-27-11-10-24-19-14(22)7-5-9-18(19)29-21(24)23-20(26)17-12-15(25)13-6-3-4-8-16(13)28-17/h3-9,12H,2,10-11H2,1H3. The van der Waals surface area contributed by atoms with Gasteiger partial charge in [-0.2, -0.15) is 4.99 Å². The third-order valence-corrected chi connectivity index (χ3v) is 5.71. The molecule has 2 aromatic heterocycles. The van der Waals surface area contributed by atoms with E-state index in [2.05, 4.69) is 4.99 Å². The molecule has 0 aliphatic heterocycles. The van der Waals surface area contributed by atoms with Gasteiger partial charge in [0.05, 0.1) is 27.2 Å². The van der Waals surface area contributed by atoms with Gasteiger partial charge in [0.1, 0.15) is 5.58 Å². The Balaban J connectivity index is 1.83. The molecule has 2 aromatic carbocycles. The zero-order chi connectivity index (χ0) is 20.4. The molecule has 4 aromatic rings. The molecular formula is C21H17ClN2O4S. The zero-order valence-electron chi connectivity index (χ0n) is 15.6. The lowest BCUT2D eigenvalue weighted by molar-refractivity contribution is 0.0971. The maximum atomic E-state index is 12.8. The fourth-order valence-electron chi connectivity index (χ4n) is 3.03. The number of nitrogens with zero attached hydrogens (tertiary/aromatic N) is 2. The Morgan fingerprint density at radius 3 is 2.90 bits per heavy atom. The molecule has 0 radical (unpaired) electrons. The van der Waals surface area contributed by atoms with Gasteiger partial charge in [0.25, 0.3) is 0 Å².